The number of aromatic nitrogens is 2. The molecule has 0 atom stereocenters. The van der Waals surface area contributed by atoms with Crippen molar-refractivity contribution in [1.82, 2.24) is 9.97 Å². The van der Waals surface area contributed by atoms with Gasteiger partial charge < -0.3 is 24.3 Å². The molecule has 0 aliphatic heterocycles. The summed E-state index contributed by atoms with van der Waals surface area (Å²) in [5.74, 6) is 0.251. The Balaban J connectivity index is 1.70. The minimum Gasteiger partial charge on any atom is -0.507 e. The highest BCUT2D eigenvalue weighted by molar-refractivity contribution is 5.88. The number of benzene rings is 2. The topological polar surface area (TPSA) is 117 Å². The molecule has 0 aliphatic rings. The summed E-state index contributed by atoms with van der Waals surface area (Å²) < 4.78 is 15.4. The highest BCUT2D eigenvalue weighted by Crippen LogP contribution is 2.25. The molecular formula is C22H19N3O5. The van der Waals surface area contributed by atoms with Gasteiger partial charge in [0.2, 0.25) is 0 Å². The minimum absolute atomic E-state index is 0.0974. The van der Waals surface area contributed by atoms with Gasteiger partial charge in [-0.1, -0.05) is 12.1 Å². The lowest BCUT2D eigenvalue weighted by atomic mass is 10.2. The molecule has 8 heteroatoms. The molecule has 1 aromatic heterocycles. The summed E-state index contributed by atoms with van der Waals surface area (Å²) in [6.07, 6.45) is 2.72. The van der Waals surface area contributed by atoms with E-state index in [9.17, 15) is 15.2 Å². The van der Waals surface area contributed by atoms with Crippen LogP contribution in [0.4, 0.5) is 0 Å². The van der Waals surface area contributed by atoms with Gasteiger partial charge in [-0.05, 0) is 30.3 Å². The summed E-state index contributed by atoms with van der Waals surface area (Å²) in [5, 5.41) is 19.6. The van der Waals surface area contributed by atoms with Crippen molar-refractivity contribution in [1.29, 1.82) is 5.26 Å². The number of nitrogens with zero attached hydrogens (tertiary/aromatic N) is 2. The second-order valence-corrected chi connectivity index (χ2v) is 6.08. The Morgan fingerprint density at radius 3 is 2.73 bits per heavy atom. The molecule has 8 nitrogen and oxygen atoms in total. The number of aliphatic hydroxyl groups is 1. The average Bonchev–Trinajstić information content (AvgIpc) is 3.20. The van der Waals surface area contributed by atoms with Crippen LogP contribution in [0.1, 0.15) is 11.4 Å². The van der Waals surface area contributed by atoms with Crippen LogP contribution in [0.5, 0.6) is 11.5 Å². The maximum atomic E-state index is 12.0. The van der Waals surface area contributed by atoms with E-state index >= 15 is 0 Å². The lowest BCUT2D eigenvalue weighted by Gasteiger charge is -2.07. The molecular weight excluding hydrogens is 386 g/mol. The number of hydrogen-bond donors (Lipinski definition) is 2. The van der Waals surface area contributed by atoms with Gasteiger partial charge in [-0.15, -0.1) is 0 Å². The molecule has 2 aromatic carbocycles. The van der Waals surface area contributed by atoms with Crippen LogP contribution in [0.15, 0.2) is 54.3 Å². The van der Waals surface area contributed by atoms with Crippen molar-refractivity contribution in [3.05, 3.63) is 65.7 Å². The first-order valence-corrected chi connectivity index (χ1v) is 8.90. The number of ether oxygens (including phenoxy) is 3. The third-order valence-corrected chi connectivity index (χ3v) is 4.22. The zero-order chi connectivity index (χ0) is 21.5. The van der Waals surface area contributed by atoms with E-state index in [-0.39, 0.29) is 11.4 Å². The van der Waals surface area contributed by atoms with E-state index in [1.165, 1.54) is 19.3 Å². The fraction of sp³-hybridized carbons (Fsp3) is 0.136. The molecule has 2 N–H and O–H groups in total. The molecule has 3 rings (SSSR count). The Hall–Kier alpha value is -4.25. The monoisotopic (exact) mass is 405 g/mol. The molecule has 0 unspecified atom stereocenters. The lowest BCUT2D eigenvalue weighted by molar-refractivity contribution is -0.137. The molecule has 0 saturated heterocycles. The van der Waals surface area contributed by atoms with Crippen LogP contribution in [-0.4, -0.2) is 41.9 Å². The molecule has 0 amide bonds. The Morgan fingerprint density at radius 2 is 2.03 bits per heavy atom. The first kappa shape index (κ1) is 20.5. The molecule has 0 aliphatic carbocycles. The summed E-state index contributed by atoms with van der Waals surface area (Å²) in [4.78, 5) is 19.2. The molecule has 0 radical (unpaired) electrons. The van der Waals surface area contributed by atoms with Crippen molar-refractivity contribution in [3.8, 4) is 17.6 Å². The predicted molar refractivity (Wildman–Crippen MR) is 111 cm³/mol. The number of aliphatic hydroxyl groups excluding tert-OH is 1. The Bertz CT molecular complexity index is 1140. The number of esters is 1. The Kier molecular flexibility index (Phi) is 6.35. The fourth-order valence-electron chi connectivity index (χ4n) is 2.70. The standard InChI is InChI=1S/C22H19N3O5/c1-28-15-9-7-14(20(11-15)29-2)8-10-21(27)30-13-19(26)16(12-23)22-24-17-5-3-4-6-18(17)25-22/h3-11,26H,13H2,1-2H3,(H,24,25). The molecule has 30 heavy (non-hydrogen) atoms. The summed E-state index contributed by atoms with van der Waals surface area (Å²) in [5.41, 5.74) is 1.93. The Labute approximate surface area is 172 Å². The van der Waals surface area contributed by atoms with Crippen LogP contribution < -0.4 is 9.47 Å². The first-order valence-electron chi connectivity index (χ1n) is 8.90. The van der Waals surface area contributed by atoms with Gasteiger partial charge in [0.05, 0.1) is 25.3 Å². The quantitative estimate of drug-likeness (QED) is 0.267. The normalized spacial score (nSPS) is 11.8. The van der Waals surface area contributed by atoms with Gasteiger partial charge in [0.1, 0.15) is 29.7 Å². The number of hydrogen-bond acceptors (Lipinski definition) is 7. The number of rotatable bonds is 7. The van der Waals surface area contributed by atoms with Gasteiger partial charge in [0.15, 0.2) is 11.6 Å². The van der Waals surface area contributed by atoms with E-state index in [4.69, 9.17) is 14.2 Å². The van der Waals surface area contributed by atoms with Crippen molar-refractivity contribution >= 4 is 28.7 Å². The number of carbonyl (C=O) groups excluding carboxylic acids is 1. The van der Waals surface area contributed by atoms with Crippen molar-refractivity contribution in [2.45, 2.75) is 0 Å². The van der Waals surface area contributed by atoms with E-state index in [0.717, 1.165) is 5.52 Å². The molecule has 1 heterocycles. The maximum Gasteiger partial charge on any atom is 0.331 e. The summed E-state index contributed by atoms with van der Waals surface area (Å²) in [6, 6.07) is 14.3. The number of carbonyl (C=O) groups is 1. The number of nitriles is 1. The third kappa shape index (κ3) is 4.59. The van der Waals surface area contributed by atoms with Crippen LogP contribution in [0.3, 0.4) is 0 Å². The van der Waals surface area contributed by atoms with Crippen LogP contribution in [0.2, 0.25) is 0 Å². The highest BCUT2D eigenvalue weighted by atomic mass is 16.5. The molecule has 152 valence electrons. The molecule has 0 spiro atoms. The number of aromatic amines is 1. The highest BCUT2D eigenvalue weighted by Gasteiger charge is 2.14. The van der Waals surface area contributed by atoms with Crippen molar-refractivity contribution in [3.63, 3.8) is 0 Å². The van der Waals surface area contributed by atoms with E-state index in [1.807, 2.05) is 18.2 Å². The predicted octanol–water partition coefficient (Wildman–Crippen LogP) is 3.63. The van der Waals surface area contributed by atoms with Gasteiger partial charge in [0.25, 0.3) is 0 Å². The van der Waals surface area contributed by atoms with Gasteiger partial charge >= 0.3 is 5.97 Å². The first-order chi connectivity index (χ1) is 14.5. The van der Waals surface area contributed by atoms with Gasteiger partial charge in [-0.25, -0.2) is 9.78 Å². The van der Waals surface area contributed by atoms with Crippen molar-refractivity contribution < 1.29 is 24.1 Å². The van der Waals surface area contributed by atoms with Crippen LogP contribution in [0.25, 0.3) is 22.7 Å². The van der Waals surface area contributed by atoms with Crippen molar-refractivity contribution in [2.24, 2.45) is 0 Å². The van der Waals surface area contributed by atoms with E-state index < -0.39 is 18.3 Å². The van der Waals surface area contributed by atoms with Gasteiger partial charge in [-0.2, -0.15) is 5.26 Å². The lowest BCUT2D eigenvalue weighted by Crippen LogP contribution is -2.06. The number of allylic oxidation sites excluding steroid dienone is 1. The van der Waals surface area contributed by atoms with Gasteiger partial charge in [-0.3, -0.25) is 0 Å². The second kappa shape index (κ2) is 9.30. The molecule has 0 saturated carbocycles. The van der Waals surface area contributed by atoms with Crippen LogP contribution in [-0.2, 0) is 9.53 Å². The van der Waals surface area contributed by atoms with Crippen LogP contribution >= 0.6 is 0 Å². The summed E-state index contributed by atoms with van der Waals surface area (Å²) >= 11 is 0. The fourth-order valence-corrected chi connectivity index (χ4v) is 2.70. The van der Waals surface area contributed by atoms with Gasteiger partial charge in [0, 0.05) is 17.7 Å². The third-order valence-electron chi connectivity index (χ3n) is 4.22. The second-order valence-electron chi connectivity index (χ2n) is 6.08. The number of imidazole rings is 1. The number of para-hydroxylation sites is 2. The Morgan fingerprint density at radius 1 is 1.23 bits per heavy atom. The zero-order valence-electron chi connectivity index (χ0n) is 16.4. The SMILES string of the molecule is COc1ccc(C=CC(=O)OCC(O)=C(C#N)c2nc3ccccc3[nH]2)c(OC)c1. The van der Waals surface area contributed by atoms with E-state index in [0.29, 0.717) is 22.6 Å². The largest absolute Gasteiger partial charge is 0.507 e. The summed E-state index contributed by atoms with van der Waals surface area (Å²) in [7, 11) is 3.05. The van der Waals surface area contributed by atoms with E-state index in [1.54, 1.807) is 37.4 Å². The zero-order valence-corrected chi connectivity index (χ0v) is 16.4. The molecule has 0 fully saturated rings. The van der Waals surface area contributed by atoms with Crippen molar-refractivity contribution in [2.75, 3.05) is 20.8 Å². The minimum atomic E-state index is -0.693. The summed E-state index contributed by atoms with van der Waals surface area (Å²) in [6.45, 7) is -0.469. The smallest absolute Gasteiger partial charge is 0.331 e. The molecule has 3 aromatic rings. The molecule has 0 bridgehead atoms. The number of nitrogens with one attached hydrogen (secondary N) is 1. The number of H-pyrrole nitrogens is 1. The van der Waals surface area contributed by atoms with Crippen LogP contribution in [0, 0.1) is 11.3 Å². The maximum absolute atomic E-state index is 12.0. The number of methoxy groups -OCH3 is 2. The number of fused-ring (bicyclic) bond motifs is 1. The van der Waals surface area contributed by atoms with E-state index in [2.05, 4.69) is 9.97 Å². The average molecular weight is 405 g/mol.